The average molecular weight is 461 g/mol. The van der Waals surface area contributed by atoms with Gasteiger partial charge in [-0.1, -0.05) is 0 Å². The van der Waals surface area contributed by atoms with Crippen molar-refractivity contribution >= 4 is 34.1 Å². The van der Waals surface area contributed by atoms with Crippen molar-refractivity contribution < 1.29 is 19.0 Å². The van der Waals surface area contributed by atoms with E-state index >= 15 is 4.39 Å². The molecule has 0 spiro atoms. The van der Waals surface area contributed by atoms with E-state index in [0.29, 0.717) is 40.2 Å². The summed E-state index contributed by atoms with van der Waals surface area (Å²) in [5.41, 5.74) is 11.0. The molecule has 1 aromatic carbocycles. The van der Waals surface area contributed by atoms with Crippen molar-refractivity contribution in [3.05, 3.63) is 41.6 Å². The first-order chi connectivity index (χ1) is 16.3. The molecule has 0 bridgehead atoms. The largest absolute Gasteiger partial charge is 0.446 e. The third-order valence-corrected chi connectivity index (χ3v) is 8.30. The smallest absolute Gasteiger partial charge is 0.413 e. The second-order valence-electron chi connectivity index (χ2n) is 10.3. The van der Waals surface area contributed by atoms with Crippen molar-refractivity contribution in [1.82, 2.24) is 9.97 Å². The van der Waals surface area contributed by atoms with Crippen LogP contribution in [0.4, 0.5) is 26.4 Å². The maximum absolute atomic E-state index is 15.4. The monoisotopic (exact) mass is 461 g/mol. The summed E-state index contributed by atoms with van der Waals surface area (Å²) in [6.07, 6.45) is 5.09. The Balaban J connectivity index is 1.24. The quantitative estimate of drug-likeness (QED) is 0.437. The van der Waals surface area contributed by atoms with Gasteiger partial charge in [-0.3, -0.25) is 10.3 Å². The fourth-order valence-corrected chi connectivity index (χ4v) is 5.92. The lowest BCUT2D eigenvalue weighted by Crippen LogP contribution is -2.37. The van der Waals surface area contributed by atoms with Gasteiger partial charge in [0.15, 0.2) is 5.82 Å². The molecule has 1 aliphatic heterocycles. The number of nitrogens with two attached hydrogens (primary N) is 1. The van der Waals surface area contributed by atoms with Gasteiger partial charge in [0.05, 0.1) is 23.2 Å². The Morgan fingerprint density at radius 1 is 1.26 bits per heavy atom. The van der Waals surface area contributed by atoms with Gasteiger partial charge < -0.3 is 20.9 Å². The van der Waals surface area contributed by atoms with Crippen LogP contribution in [0, 0.1) is 18.2 Å². The molecule has 3 heterocycles. The van der Waals surface area contributed by atoms with Crippen molar-refractivity contribution in [2.75, 3.05) is 22.9 Å². The van der Waals surface area contributed by atoms with Crippen molar-refractivity contribution in [2.24, 2.45) is 5.41 Å². The van der Waals surface area contributed by atoms with Crippen molar-refractivity contribution in [3.63, 3.8) is 0 Å². The number of anilines is 3. The minimum Gasteiger partial charge on any atom is -0.446 e. The van der Waals surface area contributed by atoms with Crippen LogP contribution in [0.2, 0.25) is 0 Å². The van der Waals surface area contributed by atoms with Crippen LogP contribution >= 0.6 is 0 Å². The Labute approximate surface area is 194 Å². The Kier molecular flexibility index (Phi) is 3.73. The second kappa shape index (κ2) is 6.35. The van der Waals surface area contributed by atoms with Crippen LogP contribution < -0.4 is 16.4 Å². The van der Waals surface area contributed by atoms with Gasteiger partial charge in [-0.25, -0.2) is 14.2 Å². The minimum absolute atomic E-state index is 0.00431. The Morgan fingerprint density at radius 3 is 2.82 bits per heavy atom. The molecule has 3 aliphatic carbocycles. The maximum atomic E-state index is 15.4. The molecule has 3 aromatic rings. The molecule has 1 amide bonds. The van der Waals surface area contributed by atoms with Gasteiger partial charge in [-0.05, 0) is 42.8 Å². The average Bonchev–Trinajstić information content (AvgIpc) is 3.63. The molecule has 7 rings (SSSR count). The summed E-state index contributed by atoms with van der Waals surface area (Å²) < 4.78 is 20.7. The first kappa shape index (κ1) is 20.0. The van der Waals surface area contributed by atoms with Crippen LogP contribution in [0.5, 0.6) is 0 Å². The van der Waals surface area contributed by atoms with Gasteiger partial charge in [-0.15, -0.1) is 0 Å². The Bertz CT molecular complexity index is 1410. The van der Waals surface area contributed by atoms with E-state index in [9.17, 15) is 9.90 Å². The van der Waals surface area contributed by atoms with E-state index in [0.717, 1.165) is 23.5 Å². The fraction of sp³-hybridized carbons (Fsp3) is 0.400. The summed E-state index contributed by atoms with van der Waals surface area (Å²) in [6, 6.07) is 3.37. The third kappa shape index (κ3) is 2.58. The van der Waals surface area contributed by atoms with Gasteiger partial charge in [0.1, 0.15) is 11.9 Å². The topological polar surface area (TPSA) is 122 Å². The summed E-state index contributed by atoms with van der Waals surface area (Å²) in [4.78, 5) is 21.1. The highest BCUT2D eigenvalue weighted by Gasteiger charge is 2.85. The van der Waals surface area contributed by atoms with E-state index in [-0.39, 0.29) is 23.0 Å². The molecular weight excluding hydrogens is 437 g/mol. The zero-order valence-electron chi connectivity index (χ0n) is 18.6. The number of nitrogen functional groups attached to an aromatic ring is 1. The first-order valence-corrected chi connectivity index (χ1v) is 11.6. The molecule has 9 heteroatoms. The number of nitrogens with one attached hydrogen (secondary N) is 2. The number of amides is 1. The first-order valence-electron chi connectivity index (χ1n) is 11.6. The van der Waals surface area contributed by atoms with E-state index in [1.165, 1.54) is 19.0 Å². The van der Waals surface area contributed by atoms with Crippen LogP contribution in [0.1, 0.15) is 36.9 Å². The molecule has 5 N–H and O–H groups in total. The predicted molar refractivity (Wildman–Crippen MR) is 125 cm³/mol. The number of aliphatic hydroxyl groups excluding tert-OH is 1. The molecular formula is C25H24FN5O3. The van der Waals surface area contributed by atoms with Crippen LogP contribution in [-0.4, -0.2) is 39.9 Å². The number of carbonyl (C=O) groups excluding carboxylic acids is 1. The van der Waals surface area contributed by atoms with Crippen molar-refractivity contribution in [3.8, 4) is 11.1 Å². The summed E-state index contributed by atoms with van der Waals surface area (Å²) >= 11 is 0. The number of halogens is 1. The van der Waals surface area contributed by atoms with Gasteiger partial charge >= 0.3 is 6.09 Å². The van der Waals surface area contributed by atoms with Gasteiger partial charge in [0, 0.05) is 59.1 Å². The molecule has 0 unspecified atom stereocenters. The van der Waals surface area contributed by atoms with Gasteiger partial charge in [0.25, 0.3) is 0 Å². The number of carbonyl (C=O) groups is 1. The van der Waals surface area contributed by atoms with Crippen LogP contribution in [0.3, 0.4) is 0 Å². The number of nitrogens with zero attached hydrogens (tertiary/aromatic N) is 2. The predicted octanol–water partition coefficient (Wildman–Crippen LogP) is 3.86. The van der Waals surface area contributed by atoms with Gasteiger partial charge in [0.2, 0.25) is 0 Å². The Hall–Kier alpha value is -3.46. The molecule has 2 aromatic heterocycles. The highest BCUT2D eigenvalue weighted by Crippen LogP contribution is 2.87. The summed E-state index contributed by atoms with van der Waals surface area (Å²) in [5.74, 6) is -0.238. The van der Waals surface area contributed by atoms with Crippen LogP contribution in [-0.2, 0) is 10.2 Å². The highest BCUT2D eigenvalue weighted by atomic mass is 19.1. The number of hydrogen-bond acceptors (Lipinski definition) is 7. The van der Waals surface area contributed by atoms with Crippen LogP contribution in [0.25, 0.3) is 21.9 Å². The Morgan fingerprint density at radius 2 is 2.06 bits per heavy atom. The number of ether oxygens (including phenoxy) is 1. The number of fused-ring (bicyclic) bond motifs is 2. The number of aliphatic hydroxyl groups is 1. The molecule has 3 fully saturated rings. The van der Waals surface area contributed by atoms with Crippen LogP contribution in [0.15, 0.2) is 24.5 Å². The molecule has 0 atom stereocenters. The van der Waals surface area contributed by atoms with E-state index in [1.807, 2.05) is 6.92 Å². The maximum Gasteiger partial charge on any atom is 0.413 e. The van der Waals surface area contributed by atoms with E-state index < -0.39 is 18.0 Å². The molecule has 34 heavy (non-hydrogen) atoms. The zero-order chi connectivity index (χ0) is 23.4. The lowest BCUT2D eigenvalue weighted by molar-refractivity contribution is -0.0308. The fourth-order valence-electron chi connectivity index (χ4n) is 5.92. The minimum atomic E-state index is -0.643. The van der Waals surface area contributed by atoms with Gasteiger partial charge in [-0.2, -0.15) is 0 Å². The molecule has 174 valence electrons. The number of hydrogen-bond donors (Lipinski definition) is 4. The number of rotatable bonds is 3. The lowest BCUT2D eigenvalue weighted by Gasteiger charge is -2.30. The zero-order valence-corrected chi connectivity index (χ0v) is 18.6. The third-order valence-electron chi connectivity index (χ3n) is 8.30. The van der Waals surface area contributed by atoms with E-state index in [2.05, 4.69) is 15.6 Å². The number of pyridine rings is 2. The van der Waals surface area contributed by atoms with E-state index in [1.54, 1.807) is 18.3 Å². The van der Waals surface area contributed by atoms with Crippen molar-refractivity contribution in [1.29, 1.82) is 0 Å². The summed E-state index contributed by atoms with van der Waals surface area (Å²) in [6.45, 7) is 2.94. The molecule has 3 saturated carbocycles. The summed E-state index contributed by atoms with van der Waals surface area (Å²) in [5, 5.41) is 16.6. The number of benzene rings is 1. The molecule has 0 radical (unpaired) electrons. The normalized spacial score (nSPS) is 29.7. The number of aromatic nitrogens is 2. The molecule has 8 nitrogen and oxygen atoms in total. The molecule has 0 saturated heterocycles. The highest BCUT2D eigenvalue weighted by molar-refractivity contribution is 5.99. The van der Waals surface area contributed by atoms with E-state index in [4.69, 9.17) is 15.5 Å². The lowest BCUT2D eigenvalue weighted by atomic mass is 9.92. The standard InChI is InChI=1S/C25H24FN5O3/c1-11-16(6-29-22-21(11)30-10-24-8-25(22,24)9-24)15-2-12-3-18(28-7-17(12)20(27)19(15)26)31-23(33)34-14-4-13(32)5-14/h2-3,6-7,13-14,30,32H,4-5,8-10,27H2,1H3,(H,28,31,33). The second-order valence-corrected chi connectivity index (χ2v) is 10.3. The van der Waals surface area contributed by atoms with Crippen molar-refractivity contribution in [2.45, 2.75) is 50.2 Å². The SMILES string of the molecule is Cc1c(-c2cc3cc(NC(=O)OC4CC(O)C4)ncc3c(N)c2F)cnc2c1NCC13CC21C3. The summed E-state index contributed by atoms with van der Waals surface area (Å²) in [7, 11) is 0. The molecule has 4 aliphatic rings.